The molecular formula is C11H23ClN2O3. The van der Waals surface area contributed by atoms with Gasteiger partial charge in [0.1, 0.15) is 6.61 Å². The van der Waals surface area contributed by atoms with Crippen LogP contribution in [-0.2, 0) is 14.3 Å². The molecule has 0 saturated carbocycles. The van der Waals surface area contributed by atoms with Crippen molar-refractivity contribution in [1.29, 1.82) is 0 Å². The van der Waals surface area contributed by atoms with Crippen molar-refractivity contribution in [2.45, 2.75) is 18.9 Å². The highest BCUT2D eigenvalue weighted by molar-refractivity contribution is 5.85. The summed E-state index contributed by atoms with van der Waals surface area (Å²) in [6.45, 7) is 3.15. The molecule has 1 heterocycles. The summed E-state index contributed by atoms with van der Waals surface area (Å²) in [4.78, 5) is 13.6. The van der Waals surface area contributed by atoms with Crippen LogP contribution in [0.15, 0.2) is 0 Å². The van der Waals surface area contributed by atoms with Crippen LogP contribution < -0.4 is 5.32 Å². The molecule has 1 aliphatic rings. The van der Waals surface area contributed by atoms with Crippen LogP contribution in [0.2, 0.25) is 0 Å². The highest BCUT2D eigenvalue weighted by atomic mass is 35.5. The van der Waals surface area contributed by atoms with Gasteiger partial charge in [-0.3, -0.25) is 4.79 Å². The Balaban J connectivity index is 0.00000256. The Hall–Kier alpha value is -0.360. The number of ether oxygens (including phenoxy) is 2. The Labute approximate surface area is 109 Å². The molecule has 1 rings (SSSR count). The average Bonchev–Trinajstić information content (AvgIpc) is 2.34. The predicted molar refractivity (Wildman–Crippen MR) is 68.6 cm³/mol. The number of methoxy groups -OCH3 is 1. The van der Waals surface area contributed by atoms with E-state index in [4.69, 9.17) is 9.47 Å². The lowest BCUT2D eigenvalue weighted by Gasteiger charge is -2.31. The third kappa shape index (κ3) is 6.21. The van der Waals surface area contributed by atoms with E-state index in [0.717, 1.165) is 25.9 Å². The van der Waals surface area contributed by atoms with E-state index in [-0.39, 0.29) is 24.9 Å². The molecule has 0 radical (unpaired) electrons. The fraction of sp³-hybridized carbons (Fsp3) is 0.909. The monoisotopic (exact) mass is 266 g/mol. The van der Waals surface area contributed by atoms with Crippen LogP contribution in [0.25, 0.3) is 0 Å². The SMILES string of the molecule is COCCOCC(=O)N(C)C1CCNCC1.Cl. The molecule has 6 heteroatoms. The Bertz CT molecular complexity index is 211. The largest absolute Gasteiger partial charge is 0.382 e. The van der Waals surface area contributed by atoms with Gasteiger partial charge in [0.15, 0.2) is 0 Å². The molecule has 0 aromatic heterocycles. The maximum Gasteiger partial charge on any atom is 0.248 e. The van der Waals surface area contributed by atoms with Gasteiger partial charge in [0.05, 0.1) is 13.2 Å². The molecule has 102 valence electrons. The van der Waals surface area contributed by atoms with Crippen molar-refractivity contribution in [3.8, 4) is 0 Å². The van der Waals surface area contributed by atoms with E-state index in [9.17, 15) is 4.79 Å². The summed E-state index contributed by atoms with van der Waals surface area (Å²) < 4.78 is 10.1. The van der Waals surface area contributed by atoms with Gasteiger partial charge < -0.3 is 19.7 Å². The molecule has 0 atom stereocenters. The van der Waals surface area contributed by atoms with Crippen LogP contribution in [0.3, 0.4) is 0 Å². The smallest absolute Gasteiger partial charge is 0.248 e. The van der Waals surface area contributed by atoms with Crippen LogP contribution in [0.5, 0.6) is 0 Å². The zero-order valence-corrected chi connectivity index (χ0v) is 11.4. The Kier molecular flexibility index (Phi) is 9.44. The molecule has 0 unspecified atom stereocenters. The topological polar surface area (TPSA) is 50.8 Å². The first-order valence-electron chi connectivity index (χ1n) is 5.78. The third-order valence-corrected chi connectivity index (χ3v) is 2.91. The lowest BCUT2D eigenvalue weighted by Crippen LogP contribution is -2.45. The Morgan fingerprint density at radius 1 is 1.35 bits per heavy atom. The summed E-state index contributed by atoms with van der Waals surface area (Å²) in [5, 5.41) is 3.28. The fourth-order valence-corrected chi connectivity index (χ4v) is 1.80. The zero-order chi connectivity index (χ0) is 11.8. The molecule has 0 aromatic rings. The first-order valence-corrected chi connectivity index (χ1v) is 5.78. The average molecular weight is 267 g/mol. The van der Waals surface area contributed by atoms with Crippen molar-refractivity contribution in [3.63, 3.8) is 0 Å². The van der Waals surface area contributed by atoms with Gasteiger partial charge in [-0.15, -0.1) is 12.4 Å². The maximum absolute atomic E-state index is 11.7. The van der Waals surface area contributed by atoms with Crippen molar-refractivity contribution in [2.75, 3.05) is 47.1 Å². The second-order valence-electron chi connectivity index (χ2n) is 4.03. The summed E-state index contributed by atoms with van der Waals surface area (Å²) in [7, 11) is 3.48. The molecule has 0 aliphatic carbocycles. The lowest BCUT2D eigenvalue weighted by atomic mass is 10.1. The van der Waals surface area contributed by atoms with Crippen molar-refractivity contribution in [3.05, 3.63) is 0 Å². The first-order chi connectivity index (χ1) is 7.75. The second-order valence-corrected chi connectivity index (χ2v) is 4.03. The molecule has 1 saturated heterocycles. The normalized spacial score (nSPS) is 16.4. The molecule has 0 spiro atoms. The van der Waals surface area contributed by atoms with Crippen LogP contribution in [0, 0.1) is 0 Å². The number of hydrogen-bond donors (Lipinski definition) is 1. The van der Waals surface area contributed by atoms with Crippen LogP contribution in [-0.4, -0.2) is 63.9 Å². The van der Waals surface area contributed by atoms with E-state index in [0.29, 0.717) is 19.3 Å². The van der Waals surface area contributed by atoms with Crippen LogP contribution in [0.4, 0.5) is 0 Å². The molecule has 1 amide bonds. The van der Waals surface area contributed by atoms with Crippen molar-refractivity contribution < 1.29 is 14.3 Å². The summed E-state index contributed by atoms with van der Waals surface area (Å²) in [6, 6.07) is 0.361. The lowest BCUT2D eigenvalue weighted by molar-refractivity contribution is -0.137. The number of halogens is 1. The van der Waals surface area contributed by atoms with Gasteiger partial charge in [-0.05, 0) is 25.9 Å². The van der Waals surface area contributed by atoms with E-state index >= 15 is 0 Å². The van der Waals surface area contributed by atoms with Gasteiger partial charge in [-0.1, -0.05) is 0 Å². The molecule has 0 aromatic carbocycles. The van der Waals surface area contributed by atoms with E-state index < -0.39 is 0 Å². The van der Waals surface area contributed by atoms with Crippen molar-refractivity contribution in [1.82, 2.24) is 10.2 Å². The molecule has 5 nitrogen and oxygen atoms in total. The number of nitrogens with one attached hydrogen (secondary N) is 1. The minimum Gasteiger partial charge on any atom is -0.382 e. The number of likely N-dealkylation sites (N-methyl/N-ethyl adjacent to an activating group) is 1. The number of rotatable bonds is 6. The standard InChI is InChI=1S/C11H22N2O3.ClH/c1-13(10-3-5-12-6-4-10)11(14)9-16-8-7-15-2;/h10,12H,3-9H2,1-2H3;1H. The van der Waals surface area contributed by atoms with E-state index in [1.165, 1.54) is 0 Å². The van der Waals surface area contributed by atoms with E-state index in [1.807, 2.05) is 11.9 Å². The minimum absolute atomic E-state index is 0. The quantitative estimate of drug-likeness (QED) is 0.702. The third-order valence-electron chi connectivity index (χ3n) is 2.91. The number of carbonyl (C=O) groups excluding carboxylic acids is 1. The molecule has 1 fully saturated rings. The predicted octanol–water partition coefficient (Wildman–Crippen LogP) is 0.282. The van der Waals surface area contributed by atoms with Crippen molar-refractivity contribution in [2.24, 2.45) is 0 Å². The Morgan fingerprint density at radius 2 is 2.00 bits per heavy atom. The number of nitrogens with zero attached hydrogens (tertiary/aromatic N) is 1. The second kappa shape index (κ2) is 9.65. The van der Waals surface area contributed by atoms with E-state index in [1.54, 1.807) is 7.11 Å². The van der Waals surface area contributed by atoms with Gasteiger partial charge in [0.25, 0.3) is 0 Å². The molecule has 1 N–H and O–H groups in total. The minimum atomic E-state index is 0. The summed E-state index contributed by atoms with van der Waals surface area (Å²) >= 11 is 0. The molecular weight excluding hydrogens is 244 g/mol. The van der Waals surface area contributed by atoms with Gasteiger partial charge in [0.2, 0.25) is 5.91 Å². The van der Waals surface area contributed by atoms with Gasteiger partial charge in [-0.2, -0.15) is 0 Å². The number of piperidine rings is 1. The molecule has 1 aliphatic heterocycles. The van der Waals surface area contributed by atoms with Crippen LogP contribution in [0.1, 0.15) is 12.8 Å². The molecule has 17 heavy (non-hydrogen) atoms. The summed E-state index contributed by atoms with van der Waals surface area (Å²) in [5.41, 5.74) is 0. The highest BCUT2D eigenvalue weighted by Crippen LogP contribution is 2.09. The van der Waals surface area contributed by atoms with Gasteiger partial charge >= 0.3 is 0 Å². The number of amides is 1. The first kappa shape index (κ1) is 16.6. The molecule has 0 bridgehead atoms. The van der Waals surface area contributed by atoms with Crippen molar-refractivity contribution >= 4 is 18.3 Å². The summed E-state index contributed by atoms with van der Waals surface area (Å²) in [5.74, 6) is 0.0583. The maximum atomic E-state index is 11.7. The number of hydrogen-bond acceptors (Lipinski definition) is 4. The van der Waals surface area contributed by atoms with E-state index in [2.05, 4.69) is 5.32 Å². The highest BCUT2D eigenvalue weighted by Gasteiger charge is 2.21. The fourth-order valence-electron chi connectivity index (χ4n) is 1.80. The van der Waals surface area contributed by atoms with Crippen LogP contribution >= 0.6 is 12.4 Å². The number of carbonyl (C=O) groups is 1. The Morgan fingerprint density at radius 3 is 2.59 bits per heavy atom. The zero-order valence-electron chi connectivity index (χ0n) is 10.6. The van der Waals surface area contributed by atoms with Gasteiger partial charge in [0, 0.05) is 20.2 Å². The van der Waals surface area contributed by atoms with Gasteiger partial charge in [-0.25, -0.2) is 0 Å². The summed E-state index contributed by atoms with van der Waals surface area (Å²) in [6.07, 6.45) is 2.06.